The monoisotopic (exact) mass is 363 g/mol. The average molecular weight is 363 g/mol. The molecule has 3 aromatic rings. The lowest BCUT2D eigenvalue weighted by Crippen LogP contribution is -2.29. The number of benzene rings is 2. The second-order valence-electron chi connectivity index (χ2n) is 5.41. The number of rotatable bonds is 4. The first-order valence-corrected chi connectivity index (χ1v) is 7.50. The van der Waals surface area contributed by atoms with Crippen LogP contribution in [0.4, 0.5) is 18.0 Å². The lowest BCUT2D eigenvalue weighted by molar-refractivity contribution is 0.194. The number of amides is 1. The summed E-state index contributed by atoms with van der Waals surface area (Å²) in [5.41, 5.74) is -0.952. The van der Waals surface area contributed by atoms with Gasteiger partial charge in [-0.3, -0.25) is 9.36 Å². The van der Waals surface area contributed by atoms with Gasteiger partial charge in [0.15, 0.2) is 0 Å². The molecule has 6 nitrogen and oxygen atoms in total. The van der Waals surface area contributed by atoms with E-state index in [1.54, 1.807) is 0 Å². The van der Waals surface area contributed by atoms with E-state index >= 15 is 0 Å². The first kappa shape index (κ1) is 17.5. The van der Waals surface area contributed by atoms with E-state index in [1.165, 1.54) is 12.1 Å². The van der Waals surface area contributed by atoms with Crippen LogP contribution in [0.2, 0.25) is 0 Å². The zero-order valence-electron chi connectivity index (χ0n) is 13.2. The van der Waals surface area contributed by atoms with E-state index in [4.69, 9.17) is 5.11 Å². The normalized spacial score (nSPS) is 10.9. The highest BCUT2D eigenvalue weighted by atomic mass is 19.1. The van der Waals surface area contributed by atoms with E-state index in [9.17, 15) is 22.8 Å². The molecular weight excluding hydrogens is 351 g/mol. The zero-order valence-corrected chi connectivity index (χ0v) is 13.2. The third-order valence-electron chi connectivity index (χ3n) is 3.65. The molecule has 0 saturated heterocycles. The Kier molecular flexibility index (Phi) is 4.61. The Morgan fingerprint density at radius 2 is 1.85 bits per heavy atom. The molecule has 0 unspecified atom stereocenters. The van der Waals surface area contributed by atoms with Crippen LogP contribution in [0.15, 0.2) is 41.2 Å². The smallest absolute Gasteiger partial charge is 0.404 e. The maximum Gasteiger partial charge on any atom is 0.404 e. The minimum Gasteiger partial charge on any atom is -0.465 e. The van der Waals surface area contributed by atoms with Gasteiger partial charge in [-0.2, -0.15) is 0 Å². The van der Waals surface area contributed by atoms with Crippen molar-refractivity contribution in [2.24, 2.45) is 0 Å². The first-order valence-electron chi connectivity index (χ1n) is 7.50. The molecular formula is C17H12F3N3O3. The van der Waals surface area contributed by atoms with Gasteiger partial charge in [-0.05, 0) is 24.3 Å². The third-order valence-corrected chi connectivity index (χ3v) is 3.65. The SMILES string of the molecule is O=C(O)NCCc1nc2cccc(F)c2c(=O)n1-c1cc(F)cc(F)c1. The van der Waals surface area contributed by atoms with E-state index in [2.05, 4.69) is 10.3 Å². The van der Waals surface area contributed by atoms with Crippen LogP contribution < -0.4 is 10.9 Å². The van der Waals surface area contributed by atoms with Crippen LogP contribution in [0.1, 0.15) is 5.82 Å². The molecule has 0 fully saturated rings. The lowest BCUT2D eigenvalue weighted by Gasteiger charge is -2.14. The molecule has 2 aromatic carbocycles. The highest BCUT2D eigenvalue weighted by molar-refractivity contribution is 5.78. The van der Waals surface area contributed by atoms with Crippen molar-refractivity contribution in [2.75, 3.05) is 6.54 Å². The topological polar surface area (TPSA) is 84.2 Å². The number of aromatic nitrogens is 2. The van der Waals surface area contributed by atoms with Gasteiger partial charge in [0.1, 0.15) is 28.7 Å². The first-order chi connectivity index (χ1) is 12.4. The molecule has 0 aliphatic rings. The lowest BCUT2D eigenvalue weighted by atomic mass is 10.2. The second kappa shape index (κ2) is 6.87. The van der Waals surface area contributed by atoms with Gasteiger partial charge < -0.3 is 10.4 Å². The van der Waals surface area contributed by atoms with Crippen LogP contribution in [-0.2, 0) is 6.42 Å². The van der Waals surface area contributed by atoms with E-state index in [-0.39, 0.29) is 35.4 Å². The summed E-state index contributed by atoms with van der Waals surface area (Å²) >= 11 is 0. The van der Waals surface area contributed by atoms with Gasteiger partial charge in [-0.25, -0.2) is 22.9 Å². The van der Waals surface area contributed by atoms with Crippen molar-refractivity contribution in [3.8, 4) is 5.69 Å². The van der Waals surface area contributed by atoms with Gasteiger partial charge in [-0.15, -0.1) is 0 Å². The standard InChI is InChI=1S/C17H12F3N3O3/c18-9-6-10(19)8-11(7-9)23-14(4-5-21-17(25)26)22-13-3-1-2-12(20)15(13)16(23)24/h1-3,6-8,21H,4-5H2,(H,25,26). The molecule has 2 N–H and O–H groups in total. The van der Waals surface area contributed by atoms with E-state index in [0.717, 1.165) is 22.8 Å². The van der Waals surface area contributed by atoms with Crippen LogP contribution in [-0.4, -0.2) is 27.3 Å². The number of fused-ring (bicyclic) bond motifs is 1. The second-order valence-corrected chi connectivity index (χ2v) is 5.41. The summed E-state index contributed by atoms with van der Waals surface area (Å²) in [7, 11) is 0. The van der Waals surface area contributed by atoms with Gasteiger partial charge in [0.25, 0.3) is 5.56 Å². The molecule has 0 aliphatic carbocycles. The third kappa shape index (κ3) is 3.37. The molecule has 0 radical (unpaired) electrons. The summed E-state index contributed by atoms with van der Waals surface area (Å²) in [4.78, 5) is 27.6. The summed E-state index contributed by atoms with van der Waals surface area (Å²) in [6.45, 7) is -0.0968. The summed E-state index contributed by atoms with van der Waals surface area (Å²) in [5, 5.41) is 10.5. The van der Waals surface area contributed by atoms with Crippen LogP contribution in [0.3, 0.4) is 0 Å². The fraction of sp³-hybridized carbons (Fsp3) is 0.118. The van der Waals surface area contributed by atoms with E-state index < -0.39 is 29.1 Å². The summed E-state index contributed by atoms with van der Waals surface area (Å²) in [6.07, 6.45) is -1.32. The number of hydrogen-bond acceptors (Lipinski definition) is 3. The molecule has 0 atom stereocenters. The fourth-order valence-electron chi connectivity index (χ4n) is 2.62. The highest BCUT2D eigenvalue weighted by Gasteiger charge is 2.17. The average Bonchev–Trinajstić information content (AvgIpc) is 2.53. The Hall–Kier alpha value is -3.36. The van der Waals surface area contributed by atoms with Crippen molar-refractivity contribution < 1.29 is 23.1 Å². The van der Waals surface area contributed by atoms with Crippen molar-refractivity contribution in [3.05, 3.63) is 70.0 Å². The predicted octanol–water partition coefficient (Wildman–Crippen LogP) is 2.61. The summed E-state index contributed by atoms with van der Waals surface area (Å²) in [5.74, 6) is -2.63. The molecule has 9 heteroatoms. The molecule has 0 aliphatic heterocycles. The number of halogens is 3. The maximum atomic E-state index is 14.1. The van der Waals surface area contributed by atoms with Crippen molar-refractivity contribution >= 4 is 17.0 Å². The Labute approximate surface area is 144 Å². The van der Waals surface area contributed by atoms with Crippen molar-refractivity contribution in [1.82, 2.24) is 14.9 Å². The Balaban J connectivity index is 2.26. The van der Waals surface area contributed by atoms with Gasteiger partial charge in [-0.1, -0.05) is 6.07 Å². The van der Waals surface area contributed by atoms with E-state index in [0.29, 0.717) is 6.07 Å². The van der Waals surface area contributed by atoms with Gasteiger partial charge >= 0.3 is 6.09 Å². The zero-order chi connectivity index (χ0) is 18.8. The Morgan fingerprint density at radius 1 is 1.15 bits per heavy atom. The van der Waals surface area contributed by atoms with Gasteiger partial charge in [0, 0.05) is 19.0 Å². The Morgan fingerprint density at radius 3 is 2.50 bits per heavy atom. The van der Waals surface area contributed by atoms with E-state index in [1.807, 2.05) is 0 Å². The van der Waals surface area contributed by atoms with Gasteiger partial charge in [0.2, 0.25) is 0 Å². The van der Waals surface area contributed by atoms with Gasteiger partial charge in [0.05, 0.1) is 11.2 Å². The van der Waals surface area contributed by atoms with Crippen LogP contribution in [0.5, 0.6) is 0 Å². The minimum absolute atomic E-state index is 0.0341. The minimum atomic E-state index is -1.28. The summed E-state index contributed by atoms with van der Waals surface area (Å²) < 4.78 is 42.2. The molecule has 1 heterocycles. The van der Waals surface area contributed by atoms with Crippen molar-refractivity contribution in [3.63, 3.8) is 0 Å². The number of nitrogens with one attached hydrogen (secondary N) is 1. The quantitative estimate of drug-likeness (QED) is 0.746. The fourth-order valence-corrected chi connectivity index (χ4v) is 2.62. The molecule has 134 valence electrons. The highest BCUT2D eigenvalue weighted by Crippen LogP contribution is 2.17. The number of hydrogen-bond donors (Lipinski definition) is 2. The molecule has 1 aromatic heterocycles. The largest absolute Gasteiger partial charge is 0.465 e. The molecule has 0 saturated carbocycles. The number of carboxylic acid groups (broad SMARTS) is 1. The molecule has 0 bridgehead atoms. The predicted molar refractivity (Wildman–Crippen MR) is 86.9 cm³/mol. The van der Waals surface area contributed by atoms with Crippen LogP contribution in [0.25, 0.3) is 16.6 Å². The molecule has 0 spiro atoms. The van der Waals surface area contributed by atoms with Crippen molar-refractivity contribution in [2.45, 2.75) is 6.42 Å². The number of nitrogens with zero attached hydrogens (tertiary/aromatic N) is 2. The van der Waals surface area contributed by atoms with Crippen LogP contribution in [0, 0.1) is 17.5 Å². The molecule has 1 amide bonds. The maximum absolute atomic E-state index is 14.1. The molecule has 26 heavy (non-hydrogen) atoms. The van der Waals surface area contributed by atoms with Crippen molar-refractivity contribution in [1.29, 1.82) is 0 Å². The summed E-state index contributed by atoms with van der Waals surface area (Å²) in [6, 6.07) is 6.32. The Bertz CT molecular complexity index is 1050. The number of carbonyl (C=O) groups is 1. The molecule has 3 rings (SSSR count). The van der Waals surface area contributed by atoms with Crippen LogP contribution >= 0.6 is 0 Å².